The van der Waals surface area contributed by atoms with Crippen molar-refractivity contribution in [1.82, 2.24) is 19.8 Å². The molecular formula is C11H10N4. The number of hydrogen-bond donors (Lipinski definition) is 0. The highest BCUT2D eigenvalue weighted by Crippen LogP contribution is 2.18. The quantitative estimate of drug-likeness (QED) is 0.554. The predicted molar refractivity (Wildman–Crippen MR) is 57.8 cm³/mol. The van der Waals surface area contributed by atoms with E-state index in [4.69, 9.17) is 0 Å². The van der Waals surface area contributed by atoms with Crippen LogP contribution in [0, 0.1) is 13.8 Å². The zero-order valence-corrected chi connectivity index (χ0v) is 8.60. The van der Waals surface area contributed by atoms with Crippen LogP contribution in [-0.2, 0) is 0 Å². The van der Waals surface area contributed by atoms with Crippen LogP contribution in [0.5, 0.6) is 0 Å². The molecule has 0 atom stereocenters. The van der Waals surface area contributed by atoms with Gasteiger partial charge in [0.25, 0.3) is 0 Å². The van der Waals surface area contributed by atoms with Crippen molar-refractivity contribution in [1.29, 1.82) is 0 Å². The van der Waals surface area contributed by atoms with E-state index in [1.807, 2.05) is 38.1 Å². The molecule has 0 spiro atoms. The number of rotatable bonds is 0. The zero-order chi connectivity index (χ0) is 10.4. The number of hydrogen-bond acceptors (Lipinski definition) is 3. The van der Waals surface area contributed by atoms with Crippen LogP contribution in [0.1, 0.15) is 11.4 Å². The molecule has 15 heavy (non-hydrogen) atoms. The van der Waals surface area contributed by atoms with Gasteiger partial charge in [-0.3, -0.25) is 0 Å². The first-order valence-corrected chi connectivity index (χ1v) is 4.85. The Kier molecular flexibility index (Phi) is 1.54. The van der Waals surface area contributed by atoms with Gasteiger partial charge in [-0.25, -0.2) is 4.98 Å². The molecule has 3 rings (SSSR count). The maximum atomic E-state index is 4.50. The van der Waals surface area contributed by atoms with E-state index >= 15 is 0 Å². The fourth-order valence-corrected chi connectivity index (χ4v) is 1.83. The van der Waals surface area contributed by atoms with E-state index in [9.17, 15) is 0 Å². The summed E-state index contributed by atoms with van der Waals surface area (Å²) in [6.45, 7) is 3.93. The van der Waals surface area contributed by atoms with Gasteiger partial charge in [-0.15, -0.1) is 5.10 Å². The summed E-state index contributed by atoms with van der Waals surface area (Å²) >= 11 is 0. The summed E-state index contributed by atoms with van der Waals surface area (Å²) in [5.74, 6) is 0. The van der Waals surface area contributed by atoms with Crippen molar-refractivity contribution in [2.75, 3.05) is 0 Å². The first-order chi connectivity index (χ1) is 7.27. The summed E-state index contributed by atoms with van der Waals surface area (Å²) < 4.78 is 1.79. The minimum absolute atomic E-state index is 0.839. The third kappa shape index (κ3) is 1.05. The van der Waals surface area contributed by atoms with E-state index in [1.54, 1.807) is 4.52 Å². The van der Waals surface area contributed by atoms with E-state index in [0.717, 1.165) is 27.9 Å². The number of para-hydroxylation sites is 1. The first kappa shape index (κ1) is 8.35. The highest BCUT2D eigenvalue weighted by molar-refractivity contribution is 5.83. The molecule has 74 valence electrons. The number of fused-ring (bicyclic) bond motifs is 3. The lowest BCUT2D eigenvalue weighted by molar-refractivity contribution is 0.867. The Balaban J connectivity index is 2.65. The molecule has 0 saturated carbocycles. The van der Waals surface area contributed by atoms with Crippen molar-refractivity contribution in [3.63, 3.8) is 0 Å². The maximum Gasteiger partial charge on any atom is 0.179 e. The summed E-state index contributed by atoms with van der Waals surface area (Å²) in [5.41, 5.74) is 3.78. The molecule has 4 heteroatoms. The summed E-state index contributed by atoms with van der Waals surface area (Å²) in [7, 11) is 0. The zero-order valence-electron chi connectivity index (χ0n) is 8.60. The Morgan fingerprint density at radius 3 is 2.73 bits per heavy atom. The summed E-state index contributed by atoms with van der Waals surface area (Å²) in [6, 6.07) is 8.09. The van der Waals surface area contributed by atoms with Crippen LogP contribution in [-0.4, -0.2) is 19.8 Å². The summed E-state index contributed by atoms with van der Waals surface area (Å²) in [4.78, 5) is 4.50. The minimum atomic E-state index is 0.839. The fraction of sp³-hybridized carbons (Fsp3) is 0.182. The van der Waals surface area contributed by atoms with Crippen molar-refractivity contribution in [3.05, 3.63) is 35.7 Å². The molecule has 2 aromatic heterocycles. The van der Waals surface area contributed by atoms with Gasteiger partial charge in [-0.05, 0) is 19.9 Å². The van der Waals surface area contributed by atoms with Crippen molar-refractivity contribution in [3.8, 4) is 0 Å². The van der Waals surface area contributed by atoms with Gasteiger partial charge in [-0.2, -0.15) is 4.52 Å². The lowest BCUT2D eigenvalue weighted by Crippen LogP contribution is -1.96. The second-order valence-electron chi connectivity index (χ2n) is 3.62. The molecule has 0 aliphatic heterocycles. The third-order valence-corrected chi connectivity index (χ3v) is 2.60. The van der Waals surface area contributed by atoms with E-state index in [0.29, 0.717) is 0 Å². The second kappa shape index (κ2) is 2.76. The first-order valence-electron chi connectivity index (χ1n) is 4.85. The molecule has 0 radical (unpaired) electrons. The molecule has 0 aliphatic rings. The number of nitrogens with zero attached hydrogens (tertiary/aromatic N) is 4. The molecule has 3 aromatic rings. The van der Waals surface area contributed by atoms with E-state index in [2.05, 4.69) is 15.3 Å². The van der Waals surface area contributed by atoms with Gasteiger partial charge in [0.1, 0.15) is 5.69 Å². The van der Waals surface area contributed by atoms with Gasteiger partial charge in [-0.1, -0.05) is 23.4 Å². The Morgan fingerprint density at radius 2 is 1.87 bits per heavy atom. The molecular weight excluding hydrogens is 188 g/mol. The largest absolute Gasteiger partial charge is 0.232 e. The highest BCUT2D eigenvalue weighted by Gasteiger charge is 2.08. The Morgan fingerprint density at radius 1 is 1.07 bits per heavy atom. The van der Waals surface area contributed by atoms with Gasteiger partial charge in [0.05, 0.1) is 5.52 Å². The lowest BCUT2D eigenvalue weighted by atomic mass is 10.2. The third-order valence-electron chi connectivity index (χ3n) is 2.60. The molecule has 4 nitrogen and oxygen atoms in total. The molecule has 0 unspecified atom stereocenters. The average molecular weight is 198 g/mol. The van der Waals surface area contributed by atoms with Gasteiger partial charge in [0.15, 0.2) is 5.65 Å². The minimum Gasteiger partial charge on any atom is -0.232 e. The standard InChI is InChI=1S/C11H10N4/c1-7-9-5-3-4-6-10(9)15-11(12-7)8(2)13-14-15/h3-6H,1-2H3. The van der Waals surface area contributed by atoms with Crippen molar-refractivity contribution >= 4 is 16.6 Å². The van der Waals surface area contributed by atoms with E-state index in [1.165, 1.54) is 0 Å². The summed E-state index contributed by atoms with van der Waals surface area (Å²) in [5, 5.41) is 9.25. The average Bonchev–Trinajstić information content (AvgIpc) is 2.62. The Bertz CT molecular complexity index is 654. The smallest absolute Gasteiger partial charge is 0.179 e. The number of benzene rings is 1. The molecule has 0 fully saturated rings. The SMILES string of the molecule is Cc1nc2c(C)nnn2c2ccccc12. The fourth-order valence-electron chi connectivity index (χ4n) is 1.83. The van der Waals surface area contributed by atoms with Crippen LogP contribution >= 0.6 is 0 Å². The van der Waals surface area contributed by atoms with Crippen LogP contribution in [0.4, 0.5) is 0 Å². The van der Waals surface area contributed by atoms with Crippen LogP contribution in [0.15, 0.2) is 24.3 Å². The second-order valence-corrected chi connectivity index (χ2v) is 3.62. The monoisotopic (exact) mass is 198 g/mol. The molecule has 0 amide bonds. The van der Waals surface area contributed by atoms with Gasteiger partial charge < -0.3 is 0 Å². The molecule has 0 bridgehead atoms. The predicted octanol–water partition coefficient (Wildman–Crippen LogP) is 1.89. The Labute approximate surface area is 86.6 Å². The van der Waals surface area contributed by atoms with E-state index in [-0.39, 0.29) is 0 Å². The van der Waals surface area contributed by atoms with Crippen LogP contribution in [0.3, 0.4) is 0 Å². The van der Waals surface area contributed by atoms with Crippen LogP contribution in [0.25, 0.3) is 16.6 Å². The van der Waals surface area contributed by atoms with Crippen molar-refractivity contribution < 1.29 is 0 Å². The molecule has 1 aromatic carbocycles. The van der Waals surface area contributed by atoms with E-state index < -0.39 is 0 Å². The topological polar surface area (TPSA) is 43.1 Å². The lowest BCUT2D eigenvalue weighted by Gasteiger charge is -2.02. The van der Waals surface area contributed by atoms with Crippen molar-refractivity contribution in [2.45, 2.75) is 13.8 Å². The number of aromatic nitrogens is 4. The molecule has 0 saturated heterocycles. The Hall–Kier alpha value is -1.97. The highest BCUT2D eigenvalue weighted by atomic mass is 15.4. The van der Waals surface area contributed by atoms with Gasteiger partial charge in [0, 0.05) is 11.1 Å². The molecule has 2 heterocycles. The summed E-state index contributed by atoms with van der Waals surface area (Å²) in [6.07, 6.45) is 0. The normalized spacial score (nSPS) is 11.3. The van der Waals surface area contributed by atoms with Crippen molar-refractivity contribution in [2.24, 2.45) is 0 Å². The van der Waals surface area contributed by atoms with Crippen LogP contribution in [0.2, 0.25) is 0 Å². The van der Waals surface area contributed by atoms with Crippen LogP contribution < -0.4 is 0 Å². The van der Waals surface area contributed by atoms with Gasteiger partial charge in [0.2, 0.25) is 0 Å². The molecule has 0 N–H and O–H groups in total. The maximum absolute atomic E-state index is 4.50. The molecule has 0 aliphatic carbocycles. The van der Waals surface area contributed by atoms with Gasteiger partial charge >= 0.3 is 0 Å². The number of aryl methyl sites for hydroxylation is 2.